The lowest BCUT2D eigenvalue weighted by Gasteiger charge is -2.32. The van der Waals surface area contributed by atoms with Crippen LogP contribution in [0.4, 0.5) is 5.69 Å². The molecule has 0 spiro atoms. The standard InChI is InChI=1S/C26H32N4O4/c1-34-26(33)22-15-21(16-23(27)17-22)25(32)30-13-9-19(10-14-30)5-2-3-12-29-24(31)8-7-20-6-4-11-28-18-20/h4,6-8,11,15-19H,2-3,5,9-10,12-14,27H2,1H3,(H,29,31). The first-order valence-electron chi connectivity index (χ1n) is 11.6. The molecule has 0 atom stereocenters. The maximum absolute atomic E-state index is 12.9. The topological polar surface area (TPSA) is 115 Å². The van der Waals surface area contributed by atoms with Crippen LogP contribution in [0.5, 0.6) is 0 Å². The number of nitrogen functional groups attached to an aromatic ring is 1. The molecule has 8 heteroatoms. The van der Waals surface area contributed by atoms with E-state index in [1.807, 2.05) is 17.0 Å². The van der Waals surface area contributed by atoms with Gasteiger partial charge in [0.25, 0.3) is 5.91 Å². The fraction of sp³-hybridized carbons (Fsp3) is 0.385. The average molecular weight is 465 g/mol. The van der Waals surface area contributed by atoms with E-state index in [4.69, 9.17) is 10.5 Å². The van der Waals surface area contributed by atoms with Crippen molar-refractivity contribution in [2.45, 2.75) is 32.1 Å². The number of rotatable bonds is 9. The second kappa shape index (κ2) is 12.5. The van der Waals surface area contributed by atoms with Gasteiger partial charge in [0.1, 0.15) is 0 Å². The molecule has 3 N–H and O–H groups in total. The predicted octanol–water partition coefficient (Wildman–Crippen LogP) is 3.30. The summed E-state index contributed by atoms with van der Waals surface area (Å²) < 4.78 is 4.74. The first-order chi connectivity index (χ1) is 16.5. The van der Waals surface area contributed by atoms with Crippen molar-refractivity contribution >= 4 is 29.5 Å². The molecule has 2 amide bonds. The third-order valence-electron chi connectivity index (χ3n) is 5.98. The Morgan fingerprint density at radius 1 is 1.18 bits per heavy atom. The molecular formula is C26H32N4O4. The van der Waals surface area contributed by atoms with E-state index in [1.54, 1.807) is 24.5 Å². The van der Waals surface area contributed by atoms with Gasteiger partial charge < -0.3 is 20.7 Å². The Morgan fingerprint density at radius 3 is 2.65 bits per heavy atom. The lowest BCUT2D eigenvalue weighted by molar-refractivity contribution is -0.116. The monoisotopic (exact) mass is 464 g/mol. The van der Waals surface area contributed by atoms with Crippen molar-refractivity contribution < 1.29 is 19.1 Å². The smallest absolute Gasteiger partial charge is 0.337 e. The van der Waals surface area contributed by atoms with Crippen molar-refractivity contribution in [3.8, 4) is 0 Å². The van der Waals surface area contributed by atoms with Gasteiger partial charge in [0.2, 0.25) is 5.91 Å². The van der Waals surface area contributed by atoms with E-state index in [0.717, 1.165) is 37.7 Å². The van der Waals surface area contributed by atoms with Crippen LogP contribution in [0, 0.1) is 5.92 Å². The fourth-order valence-electron chi connectivity index (χ4n) is 4.09. The zero-order chi connectivity index (χ0) is 24.3. The van der Waals surface area contributed by atoms with Crippen molar-refractivity contribution in [2.75, 3.05) is 32.5 Å². The third-order valence-corrected chi connectivity index (χ3v) is 5.98. The Balaban J connectivity index is 1.35. The Labute approximate surface area is 200 Å². The SMILES string of the molecule is COC(=O)c1cc(N)cc(C(=O)N2CCC(CCCCNC(=O)C=Cc3cccnc3)CC2)c1. The van der Waals surface area contributed by atoms with Crippen molar-refractivity contribution in [3.05, 3.63) is 65.5 Å². The molecule has 180 valence electrons. The molecule has 0 saturated carbocycles. The second-order valence-electron chi connectivity index (χ2n) is 8.48. The molecular weight excluding hydrogens is 432 g/mol. The highest BCUT2D eigenvalue weighted by atomic mass is 16.5. The van der Waals surface area contributed by atoms with Crippen LogP contribution >= 0.6 is 0 Å². The highest BCUT2D eigenvalue weighted by Gasteiger charge is 2.24. The molecule has 3 rings (SSSR count). The molecule has 1 aliphatic heterocycles. The van der Waals surface area contributed by atoms with Crippen LogP contribution in [0.25, 0.3) is 6.08 Å². The summed E-state index contributed by atoms with van der Waals surface area (Å²) in [6.45, 7) is 2.01. The minimum absolute atomic E-state index is 0.104. The van der Waals surface area contributed by atoms with E-state index >= 15 is 0 Å². The van der Waals surface area contributed by atoms with Gasteiger partial charge in [-0.25, -0.2) is 4.79 Å². The average Bonchev–Trinajstić information content (AvgIpc) is 2.87. The molecule has 34 heavy (non-hydrogen) atoms. The predicted molar refractivity (Wildman–Crippen MR) is 131 cm³/mol. The Kier molecular flexibility index (Phi) is 9.20. The normalized spacial score (nSPS) is 14.2. The van der Waals surface area contributed by atoms with Gasteiger partial charge in [0.15, 0.2) is 0 Å². The number of aromatic nitrogens is 1. The quantitative estimate of drug-likeness (QED) is 0.255. The fourth-order valence-corrected chi connectivity index (χ4v) is 4.09. The number of nitrogens with two attached hydrogens (primary N) is 1. The van der Waals surface area contributed by atoms with Gasteiger partial charge in [-0.1, -0.05) is 18.9 Å². The molecule has 2 heterocycles. The molecule has 0 aliphatic carbocycles. The van der Waals surface area contributed by atoms with Gasteiger partial charge in [-0.3, -0.25) is 14.6 Å². The molecule has 8 nitrogen and oxygen atoms in total. The number of unbranched alkanes of at least 4 members (excludes halogenated alkanes) is 1. The van der Waals surface area contributed by atoms with Gasteiger partial charge in [0, 0.05) is 49.4 Å². The van der Waals surface area contributed by atoms with Gasteiger partial charge >= 0.3 is 5.97 Å². The highest BCUT2D eigenvalue weighted by molar-refractivity contribution is 5.99. The van der Waals surface area contributed by atoms with E-state index < -0.39 is 5.97 Å². The van der Waals surface area contributed by atoms with Gasteiger partial charge in [-0.15, -0.1) is 0 Å². The molecule has 1 aromatic heterocycles. The van der Waals surface area contributed by atoms with Crippen LogP contribution < -0.4 is 11.1 Å². The van der Waals surface area contributed by atoms with E-state index in [9.17, 15) is 14.4 Å². The largest absolute Gasteiger partial charge is 0.465 e. The number of hydrogen-bond donors (Lipinski definition) is 2. The van der Waals surface area contributed by atoms with Crippen molar-refractivity contribution in [2.24, 2.45) is 5.92 Å². The minimum Gasteiger partial charge on any atom is -0.465 e. The van der Waals surface area contributed by atoms with Crippen LogP contribution in [0.15, 0.2) is 48.8 Å². The van der Waals surface area contributed by atoms with Crippen LogP contribution in [0.1, 0.15) is 58.4 Å². The van der Waals surface area contributed by atoms with Gasteiger partial charge in [0.05, 0.1) is 12.7 Å². The number of ether oxygens (including phenoxy) is 1. The number of piperidine rings is 1. The summed E-state index contributed by atoms with van der Waals surface area (Å²) in [7, 11) is 1.30. The first kappa shape index (κ1) is 25.0. The zero-order valence-corrected chi connectivity index (χ0v) is 19.5. The van der Waals surface area contributed by atoms with E-state index in [0.29, 0.717) is 36.8 Å². The molecule has 1 aliphatic rings. The summed E-state index contributed by atoms with van der Waals surface area (Å²) in [6.07, 6.45) is 11.6. The van der Waals surface area contributed by atoms with Gasteiger partial charge in [-0.2, -0.15) is 0 Å². The number of carbonyl (C=O) groups is 3. The molecule has 1 fully saturated rings. The lowest BCUT2D eigenvalue weighted by atomic mass is 9.91. The summed E-state index contributed by atoms with van der Waals surface area (Å²) >= 11 is 0. The van der Waals surface area contributed by atoms with Gasteiger partial charge in [-0.05, 0) is 61.1 Å². The summed E-state index contributed by atoms with van der Waals surface area (Å²) in [5.41, 5.74) is 7.81. The summed E-state index contributed by atoms with van der Waals surface area (Å²) in [6, 6.07) is 8.37. The number of methoxy groups -OCH3 is 1. The second-order valence-corrected chi connectivity index (χ2v) is 8.48. The number of likely N-dealkylation sites (tertiary alicyclic amines) is 1. The number of carbonyl (C=O) groups excluding carboxylic acids is 3. The van der Waals surface area contributed by atoms with Crippen LogP contribution in [0.3, 0.4) is 0 Å². The third kappa shape index (κ3) is 7.43. The van der Waals surface area contributed by atoms with Crippen LogP contribution in [0.2, 0.25) is 0 Å². The van der Waals surface area contributed by atoms with Crippen molar-refractivity contribution in [1.82, 2.24) is 15.2 Å². The summed E-state index contributed by atoms with van der Waals surface area (Å²) in [5, 5.41) is 2.91. The Morgan fingerprint density at radius 2 is 1.94 bits per heavy atom. The summed E-state index contributed by atoms with van der Waals surface area (Å²) in [5.74, 6) is -0.164. The van der Waals surface area contributed by atoms with Crippen LogP contribution in [-0.2, 0) is 9.53 Å². The van der Waals surface area contributed by atoms with E-state index in [2.05, 4.69) is 10.3 Å². The van der Waals surface area contributed by atoms with E-state index in [1.165, 1.54) is 25.3 Å². The number of amides is 2. The first-order valence-corrected chi connectivity index (χ1v) is 11.6. The molecule has 0 radical (unpaired) electrons. The zero-order valence-electron chi connectivity index (χ0n) is 19.5. The number of esters is 1. The highest BCUT2D eigenvalue weighted by Crippen LogP contribution is 2.24. The number of benzene rings is 1. The van der Waals surface area contributed by atoms with Crippen molar-refractivity contribution in [1.29, 1.82) is 0 Å². The number of hydrogen-bond acceptors (Lipinski definition) is 6. The molecule has 2 aromatic rings. The van der Waals surface area contributed by atoms with Crippen molar-refractivity contribution in [3.63, 3.8) is 0 Å². The maximum atomic E-state index is 12.9. The number of nitrogens with zero attached hydrogens (tertiary/aromatic N) is 2. The Hall–Kier alpha value is -3.68. The molecule has 0 bridgehead atoms. The molecule has 1 aromatic carbocycles. The maximum Gasteiger partial charge on any atom is 0.337 e. The molecule has 0 unspecified atom stereocenters. The molecule has 1 saturated heterocycles. The minimum atomic E-state index is -0.513. The number of pyridine rings is 1. The lowest BCUT2D eigenvalue weighted by Crippen LogP contribution is -2.38. The van der Waals surface area contributed by atoms with Crippen LogP contribution in [-0.4, -0.2) is 54.4 Å². The van der Waals surface area contributed by atoms with E-state index in [-0.39, 0.29) is 17.4 Å². The summed E-state index contributed by atoms with van der Waals surface area (Å²) in [4.78, 5) is 42.4. The Bertz CT molecular complexity index is 1010. The number of anilines is 1. The number of nitrogens with one attached hydrogen (secondary N) is 1.